The molecule has 0 N–H and O–H groups in total. The molecule has 1 unspecified atom stereocenters. The zero-order valence-electron chi connectivity index (χ0n) is 19.8. The normalized spacial score (nSPS) is 14.5. The Hall–Kier alpha value is -4.40. The highest BCUT2D eigenvalue weighted by atomic mass is 16.2. The molecule has 0 saturated carbocycles. The number of carbonyl (C=O) groups excluding carboxylic acids is 2. The molecule has 0 fully saturated rings. The van der Waals surface area contributed by atoms with Gasteiger partial charge in [-0.15, -0.1) is 5.10 Å². The van der Waals surface area contributed by atoms with Gasteiger partial charge in [-0.1, -0.05) is 26.0 Å². The van der Waals surface area contributed by atoms with Crippen molar-refractivity contribution in [3.8, 4) is 5.69 Å². The van der Waals surface area contributed by atoms with Gasteiger partial charge in [-0.3, -0.25) is 24.0 Å². The second-order valence-corrected chi connectivity index (χ2v) is 9.15. The zero-order chi connectivity index (χ0) is 24.4. The fourth-order valence-electron chi connectivity index (χ4n) is 4.98. The van der Waals surface area contributed by atoms with Gasteiger partial charge < -0.3 is 0 Å². The largest absolute Gasteiger partial charge is 0.297 e. The van der Waals surface area contributed by atoms with Gasteiger partial charge in [-0.2, -0.15) is 0 Å². The van der Waals surface area contributed by atoms with Gasteiger partial charge in [0.1, 0.15) is 12.4 Å². The highest BCUT2D eigenvalue weighted by molar-refractivity contribution is 6.21. The van der Waals surface area contributed by atoms with Crippen LogP contribution in [0.4, 0.5) is 0 Å². The molecule has 174 valence electrons. The average Bonchev–Trinajstić information content (AvgIpc) is 3.47. The Balaban J connectivity index is 1.53. The summed E-state index contributed by atoms with van der Waals surface area (Å²) < 4.78 is 3.68. The molecule has 1 aromatic carbocycles. The summed E-state index contributed by atoms with van der Waals surface area (Å²) in [5.41, 5.74) is 5.18. The molecule has 9 heteroatoms. The minimum absolute atomic E-state index is 0.0964. The molecule has 9 nitrogen and oxygen atoms in total. The third kappa shape index (κ3) is 2.94. The summed E-state index contributed by atoms with van der Waals surface area (Å²) in [5, 5.41) is 5.56. The van der Waals surface area contributed by atoms with Gasteiger partial charge in [0.05, 0.1) is 28.4 Å². The van der Waals surface area contributed by atoms with Crippen molar-refractivity contribution in [2.45, 2.75) is 33.7 Å². The lowest BCUT2D eigenvalue weighted by Gasteiger charge is -2.26. The van der Waals surface area contributed by atoms with Crippen LogP contribution in [0.2, 0.25) is 0 Å². The lowest BCUT2D eigenvalue weighted by molar-refractivity contribution is 0.0529. The SMILES string of the molecule is Cc1c(C)n(-c2cccnc2)c2ncn3nc(C(C(C)C)N4C(=O)c5ccccc5C4=O)nc3c12. The average molecular weight is 466 g/mol. The summed E-state index contributed by atoms with van der Waals surface area (Å²) >= 11 is 0. The van der Waals surface area contributed by atoms with E-state index < -0.39 is 6.04 Å². The van der Waals surface area contributed by atoms with Crippen LogP contribution in [0.25, 0.3) is 22.4 Å². The molecular weight excluding hydrogens is 442 g/mol. The maximum Gasteiger partial charge on any atom is 0.262 e. The molecule has 0 saturated heterocycles. The zero-order valence-corrected chi connectivity index (χ0v) is 19.8. The van der Waals surface area contributed by atoms with Crippen LogP contribution in [0.3, 0.4) is 0 Å². The Morgan fingerprint density at radius 1 is 0.914 bits per heavy atom. The fourth-order valence-corrected chi connectivity index (χ4v) is 4.98. The molecule has 1 atom stereocenters. The number of aryl methyl sites for hydroxylation is 1. The molecule has 0 bridgehead atoms. The lowest BCUT2D eigenvalue weighted by Crippen LogP contribution is -2.37. The molecule has 6 rings (SSSR count). The van der Waals surface area contributed by atoms with E-state index in [9.17, 15) is 9.59 Å². The van der Waals surface area contributed by atoms with E-state index in [0.717, 1.165) is 28.0 Å². The number of fused-ring (bicyclic) bond motifs is 4. The van der Waals surface area contributed by atoms with Crippen LogP contribution in [0.15, 0.2) is 55.1 Å². The van der Waals surface area contributed by atoms with Gasteiger partial charge in [0.15, 0.2) is 17.1 Å². The topological polar surface area (TPSA) is 98.3 Å². The molecule has 1 aliphatic rings. The van der Waals surface area contributed by atoms with Crippen molar-refractivity contribution < 1.29 is 9.59 Å². The first kappa shape index (κ1) is 21.2. The van der Waals surface area contributed by atoms with E-state index in [1.807, 2.05) is 39.8 Å². The Morgan fingerprint density at radius 2 is 1.63 bits per heavy atom. The van der Waals surface area contributed by atoms with E-state index in [1.165, 1.54) is 4.90 Å². The standard InChI is InChI=1S/C26H23N7O2/c1-14(2)21(33-25(34)18-9-5-6-10-19(18)26(33)35)22-29-24-20-15(3)16(4)32(17-8-7-11-27-12-17)23(20)28-13-31(24)30-22/h5-14,21H,1-4H3. The van der Waals surface area contributed by atoms with Crippen LogP contribution in [-0.4, -0.2) is 45.8 Å². The van der Waals surface area contributed by atoms with Crippen molar-refractivity contribution in [3.05, 3.63) is 83.3 Å². The fraction of sp³-hybridized carbons (Fsp3) is 0.231. The number of hydrogen-bond donors (Lipinski definition) is 0. The minimum Gasteiger partial charge on any atom is -0.297 e. The molecule has 0 aliphatic carbocycles. The minimum atomic E-state index is -0.612. The van der Waals surface area contributed by atoms with Crippen LogP contribution in [0.5, 0.6) is 0 Å². The number of rotatable bonds is 4. The Bertz CT molecular complexity index is 1610. The first-order chi connectivity index (χ1) is 16.9. The second-order valence-electron chi connectivity index (χ2n) is 9.15. The maximum absolute atomic E-state index is 13.2. The van der Waals surface area contributed by atoms with E-state index in [0.29, 0.717) is 22.6 Å². The number of amides is 2. The number of carbonyl (C=O) groups is 2. The Morgan fingerprint density at radius 3 is 2.26 bits per heavy atom. The third-order valence-electron chi connectivity index (χ3n) is 6.75. The number of benzene rings is 1. The van der Waals surface area contributed by atoms with Crippen LogP contribution < -0.4 is 0 Å². The highest BCUT2D eigenvalue weighted by Gasteiger charge is 2.43. The number of hydrogen-bond acceptors (Lipinski definition) is 6. The monoisotopic (exact) mass is 465 g/mol. The Labute approximate surface area is 201 Å². The lowest BCUT2D eigenvalue weighted by atomic mass is 10.0. The van der Waals surface area contributed by atoms with Gasteiger partial charge in [-0.05, 0) is 49.6 Å². The van der Waals surface area contributed by atoms with Gasteiger partial charge >= 0.3 is 0 Å². The number of aromatic nitrogens is 6. The first-order valence-electron chi connectivity index (χ1n) is 11.5. The molecule has 35 heavy (non-hydrogen) atoms. The molecule has 0 spiro atoms. The number of imide groups is 1. The van der Waals surface area contributed by atoms with Gasteiger partial charge in [-0.25, -0.2) is 14.5 Å². The van der Waals surface area contributed by atoms with Gasteiger partial charge in [0.2, 0.25) is 0 Å². The number of nitrogens with zero attached hydrogens (tertiary/aromatic N) is 7. The predicted octanol–water partition coefficient (Wildman–Crippen LogP) is 4.07. The van der Waals surface area contributed by atoms with Crippen LogP contribution in [0.1, 0.15) is 57.7 Å². The molecule has 5 heterocycles. The van der Waals surface area contributed by atoms with E-state index >= 15 is 0 Å². The quantitative estimate of drug-likeness (QED) is 0.371. The van der Waals surface area contributed by atoms with E-state index in [-0.39, 0.29) is 17.7 Å². The summed E-state index contributed by atoms with van der Waals surface area (Å²) in [6.45, 7) is 7.99. The van der Waals surface area contributed by atoms with Crippen LogP contribution in [0, 0.1) is 19.8 Å². The van der Waals surface area contributed by atoms with Crippen molar-refractivity contribution in [2.75, 3.05) is 0 Å². The summed E-state index contributed by atoms with van der Waals surface area (Å²) in [5.74, 6) is -0.321. The molecule has 2 amide bonds. The maximum atomic E-state index is 13.2. The van der Waals surface area contributed by atoms with Crippen molar-refractivity contribution in [2.24, 2.45) is 5.92 Å². The van der Waals surface area contributed by atoms with E-state index in [1.54, 1.807) is 47.5 Å². The summed E-state index contributed by atoms with van der Waals surface area (Å²) in [6, 6.07) is 10.2. The van der Waals surface area contributed by atoms with Crippen molar-refractivity contribution in [1.29, 1.82) is 0 Å². The smallest absolute Gasteiger partial charge is 0.262 e. The second kappa shape index (κ2) is 7.56. The third-order valence-corrected chi connectivity index (χ3v) is 6.75. The van der Waals surface area contributed by atoms with Crippen molar-refractivity contribution in [3.63, 3.8) is 0 Å². The van der Waals surface area contributed by atoms with E-state index in [2.05, 4.69) is 14.6 Å². The van der Waals surface area contributed by atoms with Crippen molar-refractivity contribution in [1.82, 2.24) is 34.0 Å². The van der Waals surface area contributed by atoms with E-state index in [4.69, 9.17) is 9.97 Å². The summed E-state index contributed by atoms with van der Waals surface area (Å²) in [6.07, 6.45) is 5.16. The molecule has 5 aromatic rings. The molecule has 4 aromatic heterocycles. The first-order valence-corrected chi connectivity index (χ1v) is 11.5. The molecular formula is C26H23N7O2. The Kier molecular flexibility index (Phi) is 4.57. The van der Waals surface area contributed by atoms with Crippen LogP contribution >= 0.6 is 0 Å². The number of pyridine rings is 1. The van der Waals surface area contributed by atoms with Gasteiger partial charge in [0, 0.05) is 11.9 Å². The van der Waals surface area contributed by atoms with Crippen molar-refractivity contribution >= 4 is 28.5 Å². The molecule has 1 aliphatic heterocycles. The summed E-state index contributed by atoms with van der Waals surface area (Å²) in [4.78, 5) is 41.6. The highest BCUT2D eigenvalue weighted by Crippen LogP contribution is 2.36. The predicted molar refractivity (Wildman–Crippen MR) is 129 cm³/mol. The van der Waals surface area contributed by atoms with Gasteiger partial charge in [0.25, 0.3) is 11.8 Å². The molecule has 0 radical (unpaired) electrons. The summed E-state index contributed by atoms with van der Waals surface area (Å²) in [7, 11) is 0. The van der Waals surface area contributed by atoms with Crippen LogP contribution in [-0.2, 0) is 0 Å².